The average Bonchev–Trinajstić information content (AvgIpc) is 3.23. The second kappa shape index (κ2) is 7.41. The van der Waals surface area contributed by atoms with E-state index in [4.69, 9.17) is 4.98 Å². The van der Waals surface area contributed by atoms with Gasteiger partial charge in [0.05, 0.1) is 0 Å². The molecule has 3 nitrogen and oxygen atoms in total. The van der Waals surface area contributed by atoms with Gasteiger partial charge in [0.25, 0.3) is 0 Å². The molecule has 1 heterocycles. The number of nitrogens with zero attached hydrogens (tertiary/aromatic N) is 2. The van der Waals surface area contributed by atoms with E-state index in [-0.39, 0.29) is 0 Å². The van der Waals surface area contributed by atoms with Crippen LogP contribution < -0.4 is 10.2 Å². The van der Waals surface area contributed by atoms with E-state index in [2.05, 4.69) is 53.0 Å². The van der Waals surface area contributed by atoms with Crippen LogP contribution in [0.3, 0.4) is 0 Å². The molecule has 0 spiro atoms. The van der Waals surface area contributed by atoms with Gasteiger partial charge in [0.2, 0.25) is 0 Å². The molecule has 0 atom stereocenters. The van der Waals surface area contributed by atoms with E-state index in [1.165, 1.54) is 37.1 Å². The molecular formula is C16H26BrN3. The zero-order valence-corrected chi connectivity index (χ0v) is 14.4. The van der Waals surface area contributed by atoms with E-state index < -0.39 is 0 Å². The molecule has 20 heavy (non-hydrogen) atoms. The molecule has 0 aromatic carbocycles. The predicted molar refractivity (Wildman–Crippen MR) is 89.2 cm³/mol. The maximum Gasteiger partial charge on any atom is 0.133 e. The third-order valence-corrected chi connectivity index (χ3v) is 4.06. The lowest BCUT2D eigenvalue weighted by atomic mass is 10.2. The summed E-state index contributed by atoms with van der Waals surface area (Å²) in [5, 5.41) is 3.51. The van der Waals surface area contributed by atoms with Gasteiger partial charge < -0.3 is 10.2 Å². The minimum atomic E-state index is 0.492. The van der Waals surface area contributed by atoms with E-state index in [0.717, 1.165) is 17.6 Å². The van der Waals surface area contributed by atoms with Crippen molar-refractivity contribution in [3.63, 3.8) is 0 Å². The van der Waals surface area contributed by atoms with Crippen molar-refractivity contribution >= 4 is 21.7 Å². The zero-order valence-electron chi connectivity index (χ0n) is 12.8. The molecule has 0 unspecified atom stereocenters. The monoisotopic (exact) mass is 339 g/mol. The fourth-order valence-electron chi connectivity index (χ4n) is 2.35. The first kappa shape index (κ1) is 15.8. The molecule has 1 aliphatic rings. The molecule has 2 rings (SSSR count). The lowest BCUT2D eigenvalue weighted by Crippen LogP contribution is -2.30. The van der Waals surface area contributed by atoms with Gasteiger partial charge in [-0.05, 0) is 41.3 Å². The Hall–Kier alpha value is -0.610. The SMILES string of the molecule is CCCCN(c1ncc(Br)cc1CNC(C)C)C1CC1. The van der Waals surface area contributed by atoms with Crippen molar-refractivity contribution in [1.82, 2.24) is 10.3 Å². The summed E-state index contributed by atoms with van der Waals surface area (Å²) in [5.74, 6) is 1.18. The van der Waals surface area contributed by atoms with Crippen LogP contribution in [0, 0.1) is 0 Å². The summed E-state index contributed by atoms with van der Waals surface area (Å²) in [6, 6.07) is 3.42. The molecule has 1 saturated carbocycles. The summed E-state index contributed by atoms with van der Waals surface area (Å²) in [4.78, 5) is 7.23. The fraction of sp³-hybridized carbons (Fsp3) is 0.688. The summed E-state index contributed by atoms with van der Waals surface area (Å²) in [5.41, 5.74) is 1.30. The Labute approximate surface area is 131 Å². The maximum absolute atomic E-state index is 4.71. The van der Waals surface area contributed by atoms with Gasteiger partial charge >= 0.3 is 0 Å². The van der Waals surface area contributed by atoms with Gasteiger partial charge in [0, 0.05) is 41.4 Å². The van der Waals surface area contributed by atoms with Crippen molar-refractivity contribution in [3.8, 4) is 0 Å². The Morgan fingerprint density at radius 2 is 2.20 bits per heavy atom. The number of aromatic nitrogens is 1. The number of pyridine rings is 1. The first-order valence-corrected chi connectivity index (χ1v) is 8.55. The first-order chi connectivity index (χ1) is 9.61. The third-order valence-electron chi connectivity index (χ3n) is 3.62. The Morgan fingerprint density at radius 3 is 2.80 bits per heavy atom. The fourth-order valence-corrected chi connectivity index (χ4v) is 2.73. The summed E-state index contributed by atoms with van der Waals surface area (Å²) in [6.07, 6.45) is 7.04. The number of hydrogen-bond acceptors (Lipinski definition) is 3. The van der Waals surface area contributed by atoms with E-state index >= 15 is 0 Å². The second-order valence-corrected chi connectivity index (χ2v) is 6.87. The highest BCUT2D eigenvalue weighted by Gasteiger charge is 2.30. The largest absolute Gasteiger partial charge is 0.353 e. The van der Waals surface area contributed by atoms with Crippen molar-refractivity contribution in [1.29, 1.82) is 0 Å². The normalized spacial score (nSPS) is 14.8. The number of hydrogen-bond donors (Lipinski definition) is 1. The van der Waals surface area contributed by atoms with E-state index in [0.29, 0.717) is 12.1 Å². The Morgan fingerprint density at radius 1 is 1.45 bits per heavy atom. The van der Waals surface area contributed by atoms with Gasteiger partial charge in [-0.1, -0.05) is 27.2 Å². The van der Waals surface area contributed by atoms with E-state index in [9.17, 15) is 0 Å². The van der Waals surface area contributed by atoms with Crippen molar-refractivity contribution in [2.45, 2.75) is 65.1 Å². The Bertz CT molecular complexity index is 430. The topological polar surface area (TPSA) is 28.2 Å². The number of unbranched alkanes of at least 4 members (excludes halogenated alkanes) is 1. The lowest BCUT2D eigenvalue weighted by molar-refractivity contribution is 0.585. The standard InChI is InChI=1S/C16H26BrN3/c1-4-5-8-20(15-6-7-15)16-13(10-18-12(2)3)9-14(17)11-19-16/h9,11-12,15,18H,4-8,10H2,1-3H3. The van der Waals surface area contributed by atoms with E-state index in [1.807, 2.05) is 6.20 Å². The summed E-state index contributed by atoms with van der Waals surface area (Å²) >= 11 is 3.55. The zero-order chi connectivity index (χ0) is 14.5. The maximum atomic E-state index is 4.71. The molecule has 1 aromatic rings. The third kappa shape index (κ3) is 4.45. The minimum Gasteiger partial charge on any atom is -0.353 e. The Balaban J connectivity index is 2.18. The minimum absolute atomic E-state index is 0.492. The van der Waals surface area contributed by atoms with Crippen LogP contribution in [0.15, 0.2) is 16.7 Å². The molecule has 4 heteroatoms. The molecular weight excluding hydrogens is 314 g/mol. The van der Waals surface area contributed by atoms with Gasteiger partial charge in [-0.15, -0.1) is 0 Å². The van der Waals surface area contributed by atoms with Gasteiger partial charge in [0.15, 0.2) is 0 Å². The van der Waals surface area contributed by atoms with Crippen LogP contribution in [0.1, 0.15) is 52.0 Å². The predicted octanol–water partition coefficient (Wildman–Crippen LogP) is 4.11. The van der Waals surface area contributed by atoms with Gasteiger partial charge in [0.1, 0.15) is 5.82 Å². The number of nitrogens with one attached hydrogen (secondary N) is 1. The van der Waals surface area contributed by atoms with Crippen molar-refractivity contribution in [2.24, 2.45) is 0 Å². The van der Waals surface area contributed by atoms with Crippen molar-refractivity contribution in [3.05, 3.63) is 22.3 Å². The number of rotatable bonds is 8. The van der Waals surface area contributed by atoms with Crippen molar-refractivity contribution < 1.29 is 0 Å². The van der Waals surface area contributed by atoms with Gasteiger partial charge in [-0.3, -0.25) is 0 Å². The first-order valence-electron chi connectivity index (χ1n) is 7.76. The molecule has 0 aliphatic heterocycles. The van der Waals surface area contributed by atoms with Crippen LogP contribution in [0.5, 0.6) is 0 Å². The van der Waals surface area contributed by atoms with Crippen LogP contribution in [0.2, 0.25) is 0 Å². The van der Waals surface area contributed by atoms with Gasteiger partial charge in [-0.25, -0.2) is 4.98 Å². The summed E-state index contributed by atoms with van der Waals surface area (Å²) in [7, 11) is 0. The molecule has 1 aliphatic carbocycles. The highest BCUT2D eigenvalue weighted by Crippen LogP contribution is 2.33. The number of halogens is 1. The average molecular weight is 340 g/mol. The molecule has 0 saturated heterocycles. The number of anilines is 1. The van der Waals surface area contributed by atoms with Crippen LogP contribution in [-0.4, -0.2) is 23.6 Å². The Kier molecular flexibility index (Phi) is 5.85. The summed E-state index contributed by atoms with van der Waals surface area (Å²) < 4.78 is 1.06. The van der Waals surface area contributed by atoms with Crippen LogP contribution in [0.4, 0.5) is 5.82 Å². The smallest absolute Gasteiger partial charge is 0.133 e. The highest BCUT2D eigenvalue weighted by molar-refractivity contribution is 9.10. The van der Waals surface area contributed by atoms with Crippen LogP contribution >= 0.6 is 15.9 Å². The van der Waals surface area contributed by atoms with E-state index in [1.54, 1.807) is 0 Å². The van der Waals surface area contributed by atoms with Crippen LogP contribution in [-0.2, 0) is 6.54 Å². The molecule has 0 radical (unpaired) electrons. The molecule has 0 amide bonds. The molecule has 0 bridgehead atoms. The van der Waals surface area contributed by atoms with Gasteiger partial charge in [-0.2, -0.15) is 0 Å². The summed E-state index contributed by atoms with van der Waals surface area (Å²) in [6.45, 7) is 8.63. The lowest BCUT2D eigenvalue weighted by Gasteiger charge is -2.26. The molecule has 1 fully saturated rings. The van der Waals surface area contributed by atoms with Crippen molar-refractivity contribution in [2.75, 3.05) is 11.4 Å². The molecule has 1 N–H and O–H groups in total. The highest BCUT2D eigenvalue weighted by atomic mass is 79.9. The second-order valence-electron chi connectivity index (χ2n) is 5.95. The molecule has 1 aromatic heterocycles. The quantitative estimate of drug-likeness (QED) is 0.772. The molecule has 112 valence electrons. The van der Waals surface area contributed by atoms with Crippen LogP contribution in [0.25, 0.3) is 0 Å².